The molecule has 2 N–H and O–H groups in total. The normalized spacial score (nSPS) is 17.1. The second-order valence-corrected chi connectivity index (χ2v) is 8.25. The predicted octanol–water partition coefficient (Wildman–Crippen LogP) is 3.98. The molecule has 0 saturated carbocycles. The number of allylic oxidation sites excluding steroid dienone is 1. The monoisotopic (exact) mass is 401 g/mol. The first-order valence-corrected chi connectivity index (χ1v) is 9.93. The zero-order valence-corrected chi connectivity index (χ0v) is 18.1. The summed E-state index contributed by atoms with van der Waals surface area (Å²) in [5.74, 6) is -0.506. The van der Waals surface area contributed by atoms with Crippen molar-refractivity contribution >= 4 is 23.6 Å². The average Bonchev–Trinajstić information content (AvgIpc) is 2.60. The Hall–Kier alpha value is -2.83. The fourth-order valence-electron chi connectivity index (χ4n) is 3.33. The molecule has 1 aliphatic rings. The molecule has 0 radical (unpaired) electrons. The van der Waals surface area contributed by atoms with Crippen molar-refractivity contribution in [1.82, 2.24) is 10.2 Å². The Balaban J connectivity index is 2.29. The lowest BCUT2D eigenvalue weighted by atomic mass is 9.92. The Bertz CT molecular complexity index is 806. The van der Waals surface area contributed by atoms with Gasteiger partial charge < -0.3 is 15.4 Å². The molecule has 2 rings (SSSR count). The van der Waals surface area contributed by atoms with Gasteiger partial charge in [0.05, 0.1) is 18.2 Å². The van der Waals surface area contributed by atoms with Crippen molar-refractivity contribution in [3.63, 3.8) is 0 Å². The van der Waals surface area contributed by atoms with E-state index in [1.807, 2.05) is 27.7 Å². The van der Waals surface area contributed by atoms with Gasteiger partial charge in [-0.2, -0.15) is 0 Å². The Labute approximate surface area is 172 Å². The number of nitrogens with one attached hydrogen (secondary N) is 2. The summed E-state index contributed by atoms with van der Waals surface area (Å²) in [6, 6.07) is 6.27. The SMILES string of the molecule is CCOC(=O)C1=C(C)N(CC)C(=O)N[C@@H]1c1ccc(NC(=O)CC(C)(C)C)cc1. The van der Waals surface area contributed by atoms with Crippen molar-refractivity contribution in [1.29, 1.82) is 0 Å². The van der Waals surface area contributed by atoms with Gasteiger partial charge in [0.25, 0.3) is 0 Å². The minimum atomic E-state index is -0.608. The number of hydrogen-bond donors (Lipinski definition) is 2. The number of amides is 3. The number of urea groups is 1. The lowest BCUT2D eigenvalue weighted by molar-refractivity contribution is -0.139. The molecular formula is C22H31N3O4. The van der Waals surface area contributed by atoms with Crippen LogP contribution in [0.5, 0.6) is 0 Å². The van der Waals surface area contributed by atoms with E-state index in [1.165, 1.54) is 4.90 Å². The number of benzene rings is 1. The molecule has 1 aromatic rings. The Morgan fingerprint density at radius 2 is 1.79 bits per heavy atom. The van der Waals surface area contributed by atoms with Crippen LogP contribution in [0.15, 0.2) is 35.5 Å². The highest BCUT2D eigenvalue weighted by Crippen LogP contribution is 2.32. The molecule has 3 amide bonds. The highest BCUT2D eigenvalue weighted by molar-refractivity contribution is 5.95. The van der Waals surface area contributed by atoms with Crippen LogP contribution < -0.4 is 10.6 Å². The van der Waals surface area contributed by atoms with Crippen LogP contribution in [0.25, 0.3) is 0 Å². The first-order chi connectivity index (χ1) is 13.6. The summed E-state index contributed by atoms with van der Waals surface area (Å²) in [6.07, 6.45) is 0.412. The van der Waals surface area contributed by atoms with Gasteiger partial charge in [-0.15, -0.1) is 0 Å². The largest absolute Gasteiger partial charge is 0.463 e. The Kier molecular flexibility index (Phi) is 7.06. The molecule has 0 bridgehead atoms. The van der Waals surface area contributed by atoms with E-state index < -0.39 is 12.0 Å². The third kappa shape index (κ3) is 5.59. The van der Waals surface area contributed by atoms with Crippen LogP contribution in [0, 0.1) is 5.41 Å². The van der Waals surface area contributed by atoms with Gasteiger partial charge in [-0.1, -0.05) is 32.9 Å². The molecule has 1 aromatic carbocycles. The maximum absolute atomic E-state index is 12.6. The van der Waals surface area contributed by atoms with E-state index >= 15 is 0 Å². The fraction of sp³-hybridized carbons (Fsp3) is 0.500. The second kappa shape index (κ2) is 9.11. The maximum atomic E-state index is 12.6. The molecule has 1 aliphatic heterocycles. The summed E-state index contributed by atoms with van der Waals surface area (Å²) >= 11 is 0. The molecule has 1 atom stereocenters. The highest BCUT2D eigenvalue weighted by atomic mass is 16.5. The van der Waals surface area contributed by atoms with Crippen molar-refractivity contribution < 1.29 is 19.1 Å². The summed E-state index contributed by atoms with van der Waals surface area (Å²) in [4.78, 5) is 38.7. The molecule has 158 valence electrons. The van der Waals surface area contributed by atoms with Crippen molar-refractivity contribution in [2.45, 2.75) is 54.0 Å². The van der Waals surface area contributed by atoms with Crippen molar-refractivity contribution in [2.24, 2.45) is 5.41 Å². The van der Waals surface area contributed by atoms with E-state index in [9.17, 15) is 14.4 Å². The zero-order valence-electron chi connectivity index (χ0n) is 18.1. The van der Waals surface area contributed by atoms with Gasteiger partial charge in [-0.25, -0.2) is 9.59 Å². The Morgan fingerprint density at radius 1 is 1.17 bits per heavy atom. The summed E-state index contributed by atoms with van der Waals surface area (Å²) in [7, 11) is 0. The van der Waals surface area contributed by atoms with Crippen molar-refractivity contribution in [3.05, 3.63) is 41.1 Å². The minimum absolute atomic E-state index is 0.0576. The molecule has 0 aliphatic carbocycles. The van der Waals surface area contributed by atoms with E-state index in [0.29, 0.717) is 29.9 Å². The van der Waals surface area contributed by atoms with Crippen LogP contribution in [0.4, 0.5) is 10.5 Å². The standard InChI is InChI=1S/C22H31N3O4/c1-7-25-14(3)18(20(27)29-8-2)19(24-21(25)28)15-9-11-16(12-10-15)23-17(26)13-22(4,5)6/h9-12,19H,7-8,13H2,1-6H3,(H,23,26)(H,24,28)/t19-/m1/s1. The minimum Gasteiger partial charge on any atom is -0.463 e. The lowest BCUT2D eigenvalue weighted by Crippen LogP contribution is -2.47. The highest BCUT2D eigenvalue weighted by Gasteiger charge is 2.35. The van der Waals surface area contributed by atoms with Crippen molar-refractivity contribution in [2.75, 3.05) is 18.5 Å². The smallest absolute Gasteiger partial charge is 0.338 e. The van der Waals surface area contributed by atoms with E-state index in [-0.39, 0.29) is 24.0 Å². The van der Waals surface area contributed by atoms with Crippen LogP contribution in [0.2, 0.25) is 0 Å². The first kappa shape index (κ1) is 22.5. The molecule has 7 nitrogen and oxygen atoms in total. The van der Waals surface area contributed by atoms with Gasteiger partial charge >= 0.3 is 12.0 Å². The molecule has 0 aromatic heterocycles. The number of esters is 1. The van der Waals surface area contributed by atoms with Crippen LogP contribution in [-0.4, -0.2) is 36.0 Å². The number of ether oxygens (including phenoxy) is 1. The van der Waals surface area contributed by atoms with Gasteiger partial charge in [-0.05, 0) is 43.9 Å². The Morgan fingerprint density at radius 3 is 2.31 bits per heavy atom. The molecule has 0 unspecified atom stereocenters. The number of carbonyl (C=O) groups is 3. The third-order valence-electron chi connectivity index (χ3n) is 4.63. The van der Waals surface area contributed by atoms with Gasteiger partial charge in [0.15, 0.2) is 0 Å². The molecule has 0 spiro atoms. The number of nitrogens with zero attached hydrogens (tertiary/aromatic N) is 1. The number of anilines is 1. The number of hydrogen-bond acceptors (Lipinski definition) is 4. The maximum Gasteiger partial charge on any atom is 0.338 e. The summed E-state index contributed by atoms with van der Waals surface area (Å²) in [5, 5.41) is 5.76. The summed E-state index contributed by atoms with van der Waals surface area (Å²) in [5.41, 5.74) is 2.31. The van der Waals surface area contributed by atoms with Gasteiger partial charge in [-0.3, -0.25) is 9.69 Å². The first-order valence-electron chi connectivity index (χ1n) is 9.93. The van der Waals surface area contributed by atoms with Crippen LogP contribution in [-0.2, 0) is 14.3 Å². The summed E-state index contributed by atoms with van der Waals surface area (Å²) in [6.45, 7) is 12.1. The number of rotatable bonds is 6. The van der Waals surface area contributed by atoms with Crippen LogP contribution in [0.3, 0.4) is 0 Å². The van der Waals surface area contributed by atoms with E-state index in [1.54, 1.807) is 38.1 Å². The second-order valence-electron chi connectivity index (χ2n) is 8.25. The zero-order chi connectivity index (χ0) is 21.8. The van der Waals surface area contributed by atoms with E-state index in [4.69, 9.17) is 4.74 Å². The third-order valence-corrected chi connectivity index (χ3v) is 4.63. The quantitative estimate of drug-likeness (QED) is 0.706. The topological polar surface area (TPSA) is 87.7 Å². The summed E-state index contributed by atoms with van der Waals surface area (Å²) < 4.78 is 5.22. The van der Waals surface area contributed by atoms with Crippen molar-refractivity contribution in [3.8, 4) is 0 Å². The van der Waals surface area contributed by atoms with Gasteiger partial charge in [0, 0.05) is 24.4 Å². The van der Waals surface area contributed by atoms with E-state index in [2.05, 4.69) is 10.6 Å². The lowest BCUT2D eigenvalue weighted by Gasteiger charge is -2.34. The van der Waals surface area contributed by atoms with Gasteiger partial charge in [0.2, 0.25) is 5.91 Å². The predicted molar refractivity (Wildman–Crippen MR) is 112 cm³/mol. The molecule has 29 heavy (non-hydrogen) atoms. The number of carbonyl (C=O) groups excluding carboxylic acids is 3. The molecule has 1 heterocycles. The van der Waals surface area contributed by atoms with E-state index in [0.717, 1.165) is 5.56 Å². The molecule has 0 fully saturated rings. The van der Waals surface area contributed by atoms with Crippen LogP contribution in [0.1, 0.15) is 59.6 Å². The molecule has 7 heteroatoms. The fourth-order valence-corrected chi connectivity index (χ4v) is 3.33. The molecule has 0 saturated heterocycles. The average molecular weight is 402 g/mol. The van der Waals surface area contributed by atoms with Gasteiger partial charge in [0.1, 0.15) is 0 Å². The van der Waals surface area contributed by atoms with Crippen LogP contribution >= 0.6 is 0 Å². The molecular weight excluding hydrogens is 370 g/mol.